The summed E-state index contributed by atoms with van der Waals surface area (Å²) in [4.78, 5) is 19.0. The molecule has 0 saturated carbocycles. The molecule has 0 bridgehead atoms. The zero-order chi connectivity index (χ0) is 18.4. The summed E-state index contributed by atoms with van der Waals surface area (Å²) in [7, 11) is 3.53. The van der Waals surface area contributed by atoms with Gasteiger partial charge in [0.1, 0.15) is 10.7 Å². The van der Waals surface area contributed by atoms with E-state index >= 15 is 0 Å². The van der Waals surface area contributed by atoms with Gasteiger partial charge < -0.3 is 9.64 Å². The van der Waals surface area contributed by atoms with Crippen LogP contribution in [0, 0.1) is 6.92 Å². The highest BCUT2D eigenvalue weighted by atomic mass is 79.9. The Hall–Kier alpha value is -2.34. The normalized spacial score (nSPS) is 16.2. The second-order valence-corrected chi connectivity index (χ2v) is 7.54. The van der Waals surface area contributed by atoms with Crippen LogP contribution in [0.15, 0.2) is 41.1 Å². The molecule has 0 spiro atoms. The number of rotatable bonds is 2. The van der Waals surface area contributed by atoms with Gasteiger partial charge in [-0.2, -0.15) is 0 Å². The number of nitrogens with zero attached hydrogens (tertiary/aromatic N) is 3. The van der Waals surface area contributed by atoms with Crippen molar-refractivity contribution in [1.29, 1.82) is 0 Å². The molecule has 26 heavy (non-hydrogen) atoms. The number of carbonyl (C=O) groups is 1. The van der Waals surface area contributed by atoms with Crippen LogP contribution in [0.4, 0.5) is 0 Å². The predicted octanol–water partition coefficient (Wildman–Crippen LogP) is 4.17. The van der Waals surface area contributed by atoms with Crippen molar-refractivity contribution >= 4 is 27.5 Å². The molecule has 0 aliphatic carbocycles. The van der Waals surface area contributed by atoms with Crippen molar-refractivity contribution in [2.24, 2.45) is 0 Å². The number of hydrogen-bond acceptors (Lipinski definition) is 3. The standard InChI is InChI=1S/C20H20BrN3O2/c1-12-18(21)24-11-15(20(25)23(2)3)14-9-10-16(13-7-5-4-6-8-13)26-17(14)19(24)22-12/h4-8,11,16H,9-10H2,1-3H3. The van der Waals surface area contributed by atoms with Crippen molar-refractivity contribution < 1.29 is 9.53 Å². The Bertz CT molecular complexity index is 995. The van der Waals surface area contributed by atoms with Crippen LogP contribution in [0.5, 0.6) is 5.75 Å². The van der Waals surface area contributed by atoms with Crippen LogP contribution in [0.3, 0.4) is 0 Å². The van der Waals surface area contributed by atoms with Crippen LogP contribution in [0.1, 0.15) is 39.7 Å². The summed E-state index contributed by atoms with van der Waals surface area (Å²) in [6.45, 7) is 1.94. The number of pyridine rings is 1. The summed E-state index contributed by atoms with van der Waals surface area (Å²) >= 11 is 3.58. The second-order valence-electron chi connectivity index (χ2n) is 6.79. The zero-order valence-electron chi connectivity index (χ0n) is 15.0. The lowest BCUT2D eigenvalue weighted by Crippen LogP contribution is -2.26. The van der Waals surface area contributed by atoms with Gasteiger partial charge in [-0.05, 0) is 41.3 Å². The van der Waals surface area contributed by atoms with Crippen LogP contribution < -0.4 is 4.74 Å². The lowest BCUT2D eigenvalue weighted by molar-refractivity contribution is 0.0823. The fourth-order valence-corrected chi connectivity index (χ4v) is 3.80. The maximum Gasteiger partial charge on any atom is 0.255 e. The summed E-state index contributed by atoms with van der Waals surface area (Å²) in [6.07, 6.45) is 3.45. The summed E-state index contributed by atoms with van der Waals surface area (Å²) in [6, 6.07) is 10.2. The van der Waals surface area contributed by atoms with E-state index in [2.05, 4.69) is 33.0 Å². The third-order valence-electron chi connectivity index (χ3n) is 4.80. The van der Waals surface area contributed by atoms with E-state index in [9.17, 15) is 4.79 Å². The van der Waals surface area contributed by atoms with E-state index in [0.29, 0.717) is 11.3 Å². The van der Waals surface area contributed by atoms with Gasteiger partial charge in [0.25, 0.3) is 5.91 Å². The van der Waals surface area contributed by atoms with E-state index < -0.39 is 0 Å². The van der Waals surface area contributed by atoms with Crippen LogP contribution in [-0.2, 0) is 6.42 Å². The average Bonchev–Trinajstić information content (AvgIpc) is 2.95. The Balaban J connectivity index is 1.90. The number of aryl methyl sites for hydroxylation is 1. The molecule has 134 valence electrons. The predicted molar refractivity (Wildman–Crippen MR) is 104 cm³/mol. The van der Waals surface area contributed by atoms with Crippen molar-refractivity contribution in [1.82, 2.24) is 14.3 Å². The van der Waals surface area contributed by atoms with Crippen molar-refractivity contribution in [3.63, 3.8) is 0 Å². The van der Waals surface area contributed by atoms with Crippen molar-refractivity contribution in [2.45, 2.75) is 25.9 Å². The minimum atomic E-state index is -0.0343. The molecule has 1 aliphatic rings. The molecule has 1 amide bonds. The third-order valence-corrected chi connectivity index (χ3v) is 5.75. The Morgan fingerprint density at radius 2 is 2.04 bits per heavy atom. The molecule has 0 N–H and O–H groups in total. The van der Waals surface area contributed by atoms with Gasteiger partial charge in [0.2, 0.25) is 0 Å². The second kappa shape index (κ2) is 6.43. The first kappa shape index (κ1) is 17.1. The lowest BCUT2D eigenvalue weighted by atomic mass is 9.95. The summed E-state index contributed by atoms with van der Waals surface area (Å²) in [5.74, 6) is 0.690. The number of aromatic nitrogens is 2. The minimum absolute atomic E-state index is 0.0248. The molecule has 3 heterocycles. The van der Waals surface area contributed by atoms with Gasteiger partial charge in [-0.1, -0.05) is 30.3 Å². The van der Waals surface area contributed by atoms with Crippen molar-refractivity contribution in [3.05, 3.63) is 63.5 Å². The van der Waals surface area contributed by atoms with Gasteiger partial charge in [0, 0.05) is 25.9 Å². The van der Waals surface area contributed by atoms with Gasteiger partial charge in [-0.25, -0.2) is 4.98 Å². The lowest BCUT2D eigenvalue weighted by Gasteiger charge is -2.28. The number of fused-ring (bicyclic) bond motifs is 3. The van der Waals surface area contributed by atoms with Crippen LogP contribution in [-0.4, -0.2) is 34.3 Å². The molecule has 6 heteroatoms. The Morgan fingerprint density at radius 3 is 2.73 bits per heavy atom. The molecule has 0 fully saturated rings. The number of halogens is 1. The maximum absolute atomic E-state index is 12.8. The quantitative estimate of drug-likeness (QED) is 0.633. The molecule has 5 nitrogen and oxygen atoms in total. The van der Waals surface area contributed by atoms with E-state index in [1.165, 1.54) is 0 Å². The first-order chi connectivity index (χ1) is 12.5. The highest BCUT2D eigenvalue weighted by Crippen LogP contribution is 2.40. The Kier molecular flexibility index (Phi) is 4.23. The molecule has 1 aliphatic heterocycles. The molecule has 0 radical (unpaired) electrons. The van der Waals surface area contributed by atoms with E-state index in [1.807, 2.05) is 35.7 Å². The monoisotopic (exact) mass is 413 g/mol. The number of benzene rings is 1. The summed E-state index contributed by atoms with van der Waals surface area (Å²) in [5, 5.41) is 0. The molecule has 3 aromatic rings. The first-order valence-electron chi connectivity index (χ1n) is 8.60. The molecule has 2 aromatic heterocycles. The molecule has 1 aromatic carbocycles. The molecule has 1 unspecified atom stereocenters. The molecular formula is C20H20BrN3O2. The maximum atomic E-state index is 12.8. The molecule has 4 rings (SSSR count). The smallest absolute Gasteiger partial charge is 0.255 e. The van der Waals surface area contributed by atoms with Gasteiger partial charge in [0.05, 0.1) is 11.3 Å². The SMILES string of the molecule is Cc1nc2c3c(c(C(=O)N(C)C)cn2c1Br)CCC(c1ccccc1)O3. The van der Waals surface area contributed by atoms with Crippen molar-refractivity contribution in [2.75, 3.05) is 14.1 Å². The summed E-state index contributed by atoms with van der Waals surface area (Å²) < 4.78 is 9.14. The van der Waals surface area contributed by atoms with E-state index in [4.69, 9.17) is 4.74 Å². The Morgan fingerprint density at radius 1 is 1.31 bits per heavy atom. The number of imidazole rings is 1. The molecular weight excluding hydrogens is 394 g/mol. The van der Waals surface area contributed by atoms with Gasteiger partial charge in [-0.15, -0.1) is 0 Å². The molecule has 1 atom stereocenters. The van der Waals surface area contributed by atoms with Gasteiger partial charge >= 0.3 is 0 Å². The van der Waals surface area contributed by atoms with Crippen LogP contribution in [0.2, 0.25) is 0 Å². The number of ether oxygens (including phenoxy) is 1. The van der Waals surface area contributed by atoms with E-state index in [1.54, 1.807) is 19.0 Å². The van der Waals surface area contributed by atoms with E-state index in [-0.39, 0.29) is 12.0 Å². The van der Waals surface area contributed by atoms with Crippen LogP contribution in [0.25, 0.3) is 5.65 Å². The van der Waals surface area contributed by atoms with Crippen molar-refractivity contribution in [3.8, 4) is 5.75 Å². The van der Waals surface area contributed by atoms with Gasteiger partial charge in [-0.3, -0.25) is 9.20 Å². The average molecular weight is 414 g/mol. The highest BCUT2D eigenvalue weighted by Gasteiger charge is 2.30. The third kappa shape index (κ3) is 2.69. The minimum Gasteiger partial charge on any atom is -0.481 e. The largest absolute Gasteiger partial charge is 0.481 e. The number of carbonyl (C=O) groups excluding carboxylic acids is 1. The topological polar surface area (TPSA) is 46.8 Å². The number of amides is 1. The fraction of sp³-hybridized carbons (Fsp3) is 0.300. The first-order valence-corrected chi connectivity index (χ1v) is 9.40. The number of hydrogen-bond donors (Lipinski definition) is 0. The van der Waals surface area contributed by atoms with Gasteiger partial charge in [0.15, 0.2) is 11.4 Å². The highest BCUT2D eigenvalue weighted by molar-refractivity contribution is 9.10. The van der Waals surface area contributed by atoms with Crippen LogP contribution >= 0.6 is 15.9 Å². The summed E-state index contributed by atoms with van der Waals surface area (Å²) in [5.41, 5.74) is 4.37. The van der Waals surface area contributed by atoms with E-state index in [0.717, 1.165) is 39.9 Å². The zero-order valence-corrected chi connectivity index (χ0v) is 16.6. The molecule has 0 saturated heterocycles. The fourth-order valence-electron chi connectivity index (χ4n) is 3.44. The Labute approximate surface area is 160 Å².